The first-order chi connectivity index (χ1) is 7.19. The molecule has 1 atom stereocenters. The zero-order valence-corrected chi connectivity index (χ0v) is 9.84. The Hall–Kier alpha value is -0.950. The fourth-order valence-electron chi connectivity index (χ4n) is 1.72. The summed E-state index contributed by atoms with van der Waals surface area (Å²) < 4.78 is 5.74. The van der Waals surface area contributed by atoms with Gasteiger partial charge >= 0.3 is 0 Å². The smallest absolute Gasteiger partial charge is 0.134 e. The lowest BCUT2D eigenvalue weighted by atomic mass is 10.1. The third-order valence-corrected chi connectivity index (χ3v) is 3.06. The highest BCUT2D eigenvalue weighted by Gasteiger charge is 2.07. The quantitative estimate of drug-likeness (QED) is 0.711. The van der Waals surface area contributed by atoms with Gasteiger partial charge in [-0.1, -0.05) is 18.6 Å². The summed E-state index contributed by atoms with van der Waals surface area (Å²) in [5.74, 6) is 2.17. The number of fused-ring (bicyclic) bond motifs is 1. The van der Waals surface area contributed by atoms with Gasteiger partial charge in [-0.2, -0.15) is 0 Å². The van der Waals surface area contributed by atoms with Crippen molar-refractivity contribution in [2.45, 2.75) is 20.3 Å². The Morgan fingerprint density at radius 3 is 2.87 bits per heavy atom. The molecule has 0 aliphatic rings. The maximum Gasteiger partial charge on any atom is 0.134 e. The number of halogens is 1. The van der Waals surface area contributed by atoms with E-state index in [0.717, 1.165) is 17.8 Å². The molecule has 0 spiro atoms. The second-order valence-electron chi connectivity index (χ2n) is 4.22. The standard InChI is InChI=1S/C13H15ClO/c1-9-3-4-13-11(5-9)7-12(15-13)6-10(2)8-14/h3-5,7,10H,6,8H2,1-2H3. The second kappa shape index (κ2) is 4.28. The van der Waals surface area contributed by atoms with Crippen molar-refractivity contribution in [2.24, 2.45) is 5.92 Å². The molecular weight excluding hydrogens is 208 g/mol. The van der Waals surface area contributed by atoms with Crippen molar-refractivity contribution in [3.05, 3.63) is 35.6 Å². The summed E-state index contributed by atoms with van der Waals surface area (Å²) in [6.45, 7) is 4.22. The van der Waals surface area contributed by atoms with Gasteiger partial charge in [0.15, 0.2) is 0 Å². The van der Waals surface area contributed by atoms with Crippen molar-refractivity contribution in [1.82, 2.24) is 0 Å². The van der Waals surface area contributed by atoms with Crippen molar-refractivity contribution in [3.8, 4) is 0 Å². The number of aryl methyl sites for hydroxylation is 1. The van der Waals surface area contributed by atoms with Crippen LogP contribution in [0.4, 0.5) is 0 Å². The summed E-state index contributed by atoms with van der Waals surface area (Å²) in [5.41, 5.74) is 2.23. The van der Waals surface area contributed by atoms with Crippen LogP contribution in [0.5, 0.6) is 0 Å². The fraction of sp³-hybridized carbons (Fsp3) is 0.385. The zero-order valence-electron chi connectivity index (χ0n) is 9.09. The molecule has 2 rings (SSSR count). The van der Waals surface area contributed by atoms with Gasteiger partial charge in [-0.15, -0.1) is 11.6 Å². The summed E-state index contributed by atoms with van der Waals surface area (Å²) in [7, 11) is 0. The average molecular weight is 223 g/mol. The van der Waals surface area contributed by atoms with Crippen LogP contribution in [0.15, 0.2) is 28.7 Å². The summed E-state index contributed by atoms with van der Waals surface area (Å²) in [6, 6.07) is 8.36. The zero-order chi connectivity index (χ0) is 10.8. The minimum Gasteiger partial charge on any atom is -0.461 e. The van der Waals surface area contributed by atoms with Crippen LogP contribution in [0, 0.1) is 12.8 Å². The Kier molecular flexibility index (Phi) is 3.01. The average Bonchev–Trinajstić information content (AvgIpc) is 2.59. The lowest BCUT2D eigenvalue weighted by Crippen LogP contribution is -1.99. The van der Waals surface area contributed by atoms with E-state index in [0.29, 0.717) is 11.8 Å². The van der Waals surface area contributed by atoms with Gasteiger partial charge in [0.25, 0.3) is 0 Å². The molecule has 0 fully saturated rings. The number of benzene rings is 1. The first-order valence-electron chi connectivity index (χ1n) is 5.24. The molecule has 0 N–H and O–H groups in total. The van der Waals surface area contributed by atoms with Crippen LogP contribution in [0.25, 0.3) is 11.0 Å². The van der Waals surface area contributed by atoms with Gasteiger partial charge in [-0.05, 0) is 31.0 Å². The van der Waals surface area contributed by atoms with E-state index >= 15 is 0 Å². The van der Waals surface area contributed by atoms with E-state index in [2.05, 4.69) is 32.0 Å². The third-order valence-electron chi connectivity index (χ3n) is 2.54. The molecule has 0 bridgehead atoms. The van der Waals surface area contributed by atoms with Gasteiger partial charge in [0.2, 0.25) is 0 Å². The Labute approximate surface area is 95.0 Å². The number of hydrogen-bond acceptors (Lipinski definition) is 1. The maximum absolute atomic E-state index is 5.78. The first-order valence-corrected chi connectivity index (χ1v) is 5.77. The summed E-state index contributed by atoms with van der Waals surface area (Å²) in [4.78, 5) is 0. The summed E-state index contributed by atoms with van der Waals surface area (Å²) in [6.07, 6.45) is 0.914. The van der Waals surface area contributed by atoms with Crippen molar-refractivity contribution >= 4 is 22.6 Å². The molecule has 1 nitrogen and oxygen atoms in total. The molecule has 0 saturated carbocycles. The van der Waals surface area contributed by atoms with Crippen LogP contribution in [-0.4, -0.2) is 5.88 Å². The van der Waals surface area contributed by atoms with Crippen molar-refractivity contribution in [2.75, 3.05) is 5.88 Å². The molecule has 2 heteroatoms. The Balaban J connectivity index is 2.30. The molecule has 0 radical (unpaired) electrons. The molecule has 1 aromatic heterocycles. The number of alkyl halides is 1. The van der Waals surface area contributed by atoms with E-state index in [1.807, 2.05) is 6.07 Å². The van der Waals surface area contributed by atoms with Gasteiger partial charge in [-0.25, -0.2) is 0 Å². The van der Waals surface area contributed by atoms with Crippen LogP contribution in [0.3, 0.4) is 0 Å². The molecule has 1 unspecified atom stereocenters. The van der Waals surface area contributed by atoms with E-state index in [9.17, 15) is 0 Å². The molecule has 2 aromatic rings. The van der Waals surface area contributed by atoms with Crippen molar-refractivity contribution in [3.63, 3.8) is 0 Å². The minimum atomic E-state index is 0.466. The molecule has 0 aliphatic heterocycles. The van der Waals surface area contributed by atoms with Gasteiger partial charge < -0.3 is 4.42 Å². The predicted octanol–water partition coefficient (Wildman–Crippen LogP) is 4.16. The number of furan rings is 1. The van der Waals surface area contributed by atoms with Crippen LogP contribution in [0.1, 0.15) is 18.2 Å². The lowest BCUT2D eigenvalue weighted by Gasteiger charge is -2.02. The molecular formula is C13H15ClO. The van der Waals surface area contributed by atoms with Crippen LogP contribution < -0.4 is 0 Å². The molecule has 0 saturated heterocycles. The molecule has 1 aromatic carbocycles. The summed E-state index contributed by atoms with van der Waals surface area (Å²) >= 11 is 5.78. The van der Waals surface area contributed by atoms with E-state index in [4.69, 9.17) is 16.0 Å². The van der Waals surface area contributed by atoms with Crippen LogP contribution >= 0.6 is 11.6 Å². The highest BCUT2D eigenvalue weighted by molar-refractivity contribution is 6.18. The van der Waals surface area contributed by atoms with Gasteiger partial charge in [-0.3, -0.25) is 0 Å². The van der Waals surface area contributed by atoms with E-state index in [1.165, 1.54) is 10.9 Å². The van der Waals surface area contributed by atoms with Crippen molar-refractivity contribution in [1.29, 1.82) is 0 Å². The number of rotatable bonds is 3. The first kappa shape index (κ1) is 10.6. The third kappa shape index (κ3) is 2.35. The van der Waals surface area contributed by atoms with E-state index in [1.54, 1.807) is 0 Å². The second-order valence-corrected chi connectivity index (χ2v) is 4.53. The largest absolute Gasteiger partial charge is 0.461 e. The van der Waals surface area contributed by atoms with Crippen LogP contribution in [0.2, 0.25) is 0 Å². The van der Waals surface area contributed by atoms with Crippen LogP contribution in [-0.2, 0) is 6.42 Å². The summed E-state index contributed by atoms with van der Waals surface area (Å²) in [5, 5.41) is 1.19. The van der Waals surface area contributed by atoms with Gasteiger partial charge in [0, 0.05) is 17.7 Å². The maximum atomic E-state index is 5.78. The Morgan fingerprint density at radius 1 is 1.33 bits per heavy atom. The van der Waals surface area contributed by atoms with Gasteiger partial charge in [0.05, 0.1) is 0 Å². The SMILES string of the molecule is Cc1ccc2oc(CC(C)CCl)cc2c1. The molecule has 1 heterocycles. The molecule has 0 amide bonds. The monoisotopic (exact) mass is 222 g/mol. The topological polar surface area (TPSA) is 13.1 Å². The molecule has 15 heavy (non-hydrogen) atoms. The Bertz CT molecular complexity index is 459. The molecule has 0 aliphatic carbocycles. The Morgan fingerprint density at radius 2 is 2.13 bits per heavy atom. The fourth-order valence-corrected chi connectivity index (χ4v) is 1.83. The van der Waals surface area contributed by atoms with Crippen molar-refractivity contribution < 1.29 is 4.42 Å². The highest BCUT2D eigenvalue weighted by Crippen LogP contribution is 2.22. The van der Waals surface area contributed by atoms with Gasteiger partial charge in [0.1, 0.15) is 11.3 Å². The van der Waals surface area contributed by atoms with E-state index in [-0.39, 0.29) is 0 Å². The predicted molar refractivity (Wildman–Crippen MR) is 64.5 cm³/mol. The normalized spacial score (nSPS) is 13.3. The highest BCUT2D eigenvalue weighted by atomic mass is 35.5. The number of hydrogen-bond donors (Lipinski definition) is 0. The lowest BCUT2D eigenvalue weighted by molar-refractivity contribution is 0.502. The minimum absolute atomic E-state index is 0.466. The van der Waals surface area contributed by atoms with E-state index < -0.39 is 0 Å². The molecule has 80 valence electrons.